The molecule has 0 spiro atoms. The maximum atomic E-state index is 11.0. The van der Waals surface area contributed by atoms with E-state index in [9.17, 15) is 10.1 Å². The molecule has 0 bridgehead atoms. The van der Waals surface area contributed by atoms with Crippen LogP contribution in [0.3, 0.4) is 0 Å². The Balaban J connectivity index is 1.84. The van der Waals surface area contributed by atoms with Crippen molar-refractivity contribution in [2.45, 2.75) is 48.5 Å². The number of nitrogens with zero attached hydrogens (tertiary/aromatic N) is 1. The van der Waals surface area contributed by atoms with Gasteiger partial charge in [0.15, 0.2) is 6.29 Å². The fourth-order valence-corrected chi connectivity index (χ4v) is 4.21. The van der Waals surface area contributed by atoms with Gasteiger partial charge in [0.2, 0.25) is 0 Å². The average molecular weight is 309 g/mol. The Morgan fingerprint density at radius 2 is 1.86 bits per heavy atom. The molecule has 0 unspecified atom stereocenters. The smallest absolute Gasteiger partial charge is 0.269 e. The first kappa shape index (κ1) is 14.8. The lowest BCUT2D eigenvalue weighted by atomic mass is 10.0. The zero-order valence-electron chi connectivity index (χ0n) is 11.8. The lowest BCUT2D eigenvalue weighted by molar-refractivity contribution is -0.385. The van der Waals surface area contributed by atoms with Crippen LogP contribution in [0.2, 0.25) is 0 Å². The third kappa shape index (κ3) is 3.56. The van der Waals surface area contributed by atoms with Crippen molar-refractivity contribution in [1.82, 2.24) is 0 Å². The first-order valence-corrected chi connectivity index (χ1v) is 8.30. The molecular formula is C15H19NO4S. The van der Waals surface area contributed by atoms with Crippen molar-refractivity contribution in [3.8, 4) is 0 Å². The highest BCUT2D eigenvalue weighted by atomic mass is 32.2. The van der Waals surface area contributed by atoms with Gasteiger partial charge in [-0.2, -0.15) is 0 Å². The second-order valence-electron chi connectivity index (χ2n) is 5.43. The summed E-state index contributed by atoms with van der Waals surface area (Å²) < 4.78 is 11.1. The molecule has 6 heteroatoms. The van der Waals surface area contributed by atoms with Crippen molar-refractivity contribution in [2.24, 2.45) is 0 Å². The van der Waals surface area contributed by atoms with Crippen molar-refractivity contribution in [3.63, 3.8) is 0 Å². The fraction of sp³-hybridized carbons (Fsp3) is 0.600. The summed E-state index contributed by atoms with van der Waals surface area (Å²) in [7, 11) is 0. The molecule has 0 atom stereocenters. The van der Waals surface area contributed by atoms with Crippen LogP contribution in [0.25, 0.3) is 0 Å². The summed E-state index contributed by atoms with van der Waals surface area (Å²) >= 11 is 1.82. The zero-order chi connectivity index (χ0) is 14.7. The van der Waals surface area contributed by atoms with E-state index in [0.717, 1.165) is 10.5 Å². The maximum absolute atomic E-state index is 11.0. The number of nitro benzene ring substituents is 1. The minimum Gasteiger partial charge on any atom is -0.346 e. The zero-order valence-corrected chi connectivity index (χ0v) is 12.6. The number of rotatable bonds is 4. The summed E-state index contributed by atoms with van der Waals surface area (Å²) in [5.41, 5.74) is 0.898. The fourth-order valence-electron chi connectivity index (χ4n) is 2.84. The average Bonchev–Trinajstić information content (AvgIpc) is 3.02. The minimum atomic E-state index is -0.462. The van der Waals surface area contributed by atoms with Crippen LogP contribution >= 0.6 is 11.8 Å². The van der Waals surface area contributed by atoms with Crippen LogP contribution in [0.5, 0.6) is 0 Å². The molecule has 114 valence electrons. The van der Waals surface area contributed by atoms with Crippen LogP contribution in [0.1, 0.15) is 44.0 Å². The number of hydrogen-bond acceptors (Lipinski definition) is 5. The Morgan fingerprint density at radius 3 is 2.52 bits per heavy atom. The molecule has 1 aliphatic carbocycles. The van der Waals surface area contributed by atoms with Gasteiger partial charge in [-0.3, -0.25) is 10.1 Å². The molecule has 5 nitrogen and oxygen atoms in total. The first-order chi connectivity index (χ1) is 10.2. The van der Waals surface area contributed by atoms with Gasteiger partial charge in [0.05, 0.1) is 18.1 Å². The van der Waals surface area contributed by atoms with E-state index in [1.807, 2.05) is 17.8 Å². The van der Waals surface area contributed by atoms with Crippen LogP contribution in [0.15, 0.2) is 23.1 Å². The molecule has 3 rings (SSSR count). The number of nitro groups is 1. The van der Waals surface area contributed by atoms with Crippen molar-refractivity contribution >= 4 is 17.4 Å². The summed E-state index contributed by atoms with van der Waals surface area (Å²) in [5.74, 6) is 0. The Labute approximate surface area is 128 Å². The number of benzene rings is 1. The van der Waals surface area contributed by atoms with Crippen LogP contribution in [-0.4, -0.2) is 23.4 Å². The van der Waals surface area contributed by atoms with Gasteiger partial charge in [-0.25, -0.2) is 0 Å². The minimum absolute atomic E-state index is 0.0945. The number of thioether (sulfide) groups is 1. The van der Waals surface area contributed by atoms with E-state index in [-0.39, 0.29) is 10.6 Å². The van der Waals surface area contributed by atoms with E-state index in [0.29, 0.717) is 18.5 Å². The predicted molar refractivity (Wildman–Crippen MR) is 80.5 cm³/mol. The Bertz CT molecular complexity index is 510. The summed E-state index contributed by atoms with van der Waals surface area (Å²) in [6.45, 7) is 1.09. The van der Waals surface area contributed by atoms with E-state index >= 15 is 0 Å². The number of hydrogen-bond donors (Lipinski definition) is 0. The highest BCUT2D eigenvalue weighted by Crippen LogP contribution is 2.40. The molecule has 0 N–H and O–H groups in total. The normalized spacial score (nSPS) is 20.8. The molecule has 1 heterocycles. The van der Waals surface area contributed by atoms with Crippen molar-refractivity contribution in [1.29, 1.82) is 0 Å². The summed E-state index contributed by atoms with van der Waals surface area (Å²) in [4.78, 5) is 11.7. The van der Waals surface area contributed by atoms with Crippen molar-refractivity contribution in [3.05, 3.63) is 33.9 Å². The first-order valence-electron chi connectivity index (χ1n) is 7.42. The third-order valence-corrected chi connectivity index (χ3v) is 5.36. The molecule has 1 saturated carbocycles. The van der Waals surface area contributed by atoms with Gasteiger partial charge in [0, 0.05) is 27.8 Å². The Hall–Kier alpha value is -1.11. The third-order valence-electron chi connectivity index (χ3n) is 3.93. The van der Waals surface area contributed by atoms with E-state index in [2.05, 4.69) is 0 Å². The number of non-ortho nitro benzene ring substituents is 1. The second-order valence-corrected chi connectivity index (χ2v) is 6.77. The van der Waals surface area contributed by atoms with E-state index in [4.69, 9.17) is 9.47 Å². The molecule has 0 aromatic heterocycles. The number of ether oxygens (including phenoxy) is 2. The van der Waals surface area contributed by atoms with Gasteiger partial charge in [0.1, 0.15) is 0 Å². The van der Waals surface area contributed by atoms with Gasteiger partial charge >= 0.3 is 0 Å². The Kier molecular flexibility index (Phi) is 4.77. The summed E-state index contributed by atoms with van der Waals surface area (Å²) in [5, 5.41) is 11.6. The molecule has 0 amide bonds. The quantitative estimate of drug-likeness (QED) is 0.620. The maximum Gasteiger partial charge on any atom is 0.269 e. The SMILES string of the molecule is O=[N+]([O-])c1ccc(SC2CCCCC2)c(C2OCCO2)c1. The molecule has 2 fully saturated rings. The topological polar surface area (TPSA) is 61.6 Å². The molecule has 1 saturated heterocycles. The molecule has 1 aromatic carbocycles. The molecule has 2 aliphatic rings. The van der Waals surface area contributed by atoms with E-state index in [1.54, 1.807) is 12.1 Å². The second kappa shape index (κ2) is 6.77. The molecule has 21 heavy (non-hydrogen) atoms. The lowest BCUT2D eigenvalue weighted by Gasteiger charge is -2.23. The van der Waals surface area contributed by atoms with Gasteiger partial charge in [0.25, 0.3) is 5.69 Å². The summed E-state index contributed by atoms with van der Waals surface area (Å²) in [6.07, 6.45) is 5.84. The van der Waals surface area contributed by atoms with Crippen LogP contribution in [-0.2, 0) is 9.47 Å². The predicted octanol–water partition coefficient (Wildman–Crippen LogP) is 4.07. The van der Waals surface area contributed by atoms with E-state index < -0.39 is 6.29 Å². The lowest BCUT2D eigenvalue weighted by Crippen LogP contribution is -2.09. The van der Waals surface area contributed by atoms with Gasteiger partial charge in [-0.05, 0) is 18.9 Å². The van der Waals surface area contributed by atoms with Crippen molar-refractivity contribution < 1.29 is 14.4 Å². The Morgan fingerprint density at radius 1 is 1.14 bits per heavy atom. The van der Waals surface area contributed by atoms with Gasteiger partial charge in [-0.15, -0.1) is 11.8 Å². The van der Waals surface area contributed by atoms with Crippen molar-refractivity contribution in [2.75, 3.05) is 13.2 Å². The van der Waals surface area contributed by atoms with Crippen LogP contribution in [0, 0.1) is 10.1 Å². The van der Waals surface area contributed by atoms with Gasteiger partial charge < -0.3 is 9.47 Å². The molecule has 1 aromatic rings. The van der Waals surface area contributed by atoms with E-state index in [1.165, 1.54) is 32.1 Å². The molecule has 0 radical (unpaired) electrons. The van der Waals surface area contributed by atoms with Crippen LogP contribution < -0.4 is 0 Å². The highest BCUT2D eigenvalue weighted by Gasteiger charge is 2.26. The standard InChI is InChI=1S/C15H19NO4S/c17-16(18)11-6-7-14(21-12-4-2-1-3-5-12)13(10-11)15-19-8-9-20-15/h6-7,10,12,15H,1-5,8-9H2. The van der Waals surface area contributed by atoms with Crippen LogP contribution in [0.4, 0.5) is 5.69 Å². The van der Waals surface area contributed by atoms with Gasteiger partial charge in [-0.1, -0.05) is 19.3 Å². The molecular weight excluding hydrogens is 290 g/mol. The molecule has 1 aliphatic heterocycles. The largest absolute Gasteiger partial charge is 0.346 e. The monoisotopic (exact) mass is 309 g/mol. The summed E-state index contributed by atoms with van der Waals surface area (Å²) in [6, 6.07) is 5.02. The highest BCUT2D eigenvalue weighted by molar-refractivity contribution is 8.00.